The summed E-state index contributed by atoms with van der Waals surface area (Å²) in [5.74, 6) is 1.16. The molecule has 5 nitrogen and oxygen atoms in total. The summed E-state index contributed by atoms with van der Waals surface area (Å²) in [5.41, 5.74) is 5.97. The maximum atomic E-state index is 11.6. The number of hydrogen-bond acceptors (Lipinski definition) is 5. The van der Waals surface area contributed by atoms with Crippen molar-refractivity contribution in [3.8, 4) is 0 Å². The Bertz CT molecular complexity index is 375. The van der Waals surface area contributed by atoms with Crippen molar-refractivity contribution < 1.29 is 8.42 Å². The van der Waals surface area contributed by atoms with Gasteiger partial charge in [-0.2, -0.15) is 0 Å². The minimum atomic E-state index is -2.90. The van der Waals surface area contributed by atoms with Crippen LogP contribution in [0.4, 0.5) is 0 Å². The Kier molecular flexibility index (Phi) is 4.31. The highest BCUT2D eigenvalue weighted by Crippen LogP contribution is 2.24. The largest absolute Gasteiger partial charge is 0.325 e. The van der Waals surface area contributed by atoms with E-state index in [9.17, 15) is 8.42 Å². The normalized spacial score (nSPS) is 34.2. The van der Waals surface area contributed by atoms with Crippen LogP contribution in [0.15, 0.2) is 0 Å². The summed E-state index contributed by atoms with van der Waals surface area (Å²) < 4.78 is 23.2. The average Bonchev–Trinajstić information content (AvgIpc) is 2.52. The lowest BCUT2D eigenvalue weighted by Gasteiger charge is -2.37. The SMILES string of the molecule is CN(C)CC1CCN(C2CS(=O)(=O)CC2N)CC1. The predicted octanol–water partition coefficient (Wildman–Crippen LogP) is -0.616. The fraction of sp³-hybridized carbons (Fsp3) is 1.00. The first-order valence-corrected chi connectivity index (χ1v) is 8.54. The van der Waals surface area contributed by atoms with E-state index in [1.54, 1.807) is 0 Å². The number of hydrogen-bond donors (Lipinski definition) is 1. The van der Waals surface area contributed by atoms with Gasteiger partial charge in [0, 0.05) is 18.6 Å². The van der Waals surface area contributed by atoms with Crippen LogP contribution in [-0.2, 0) is 9.84 Å². The van der Waals surface area contributed by atoms with Gasteiger partial charge in [-0.15, -0.1) is 0 Å². The first-order valence-electron chi connectivity index (χ1n) is 6.72. The molecule has 2 fully saturated rings. The standard InChI is InChI=1S/C12H25N3O2S/c1-14(2)7-10-3-5-15(6-4-10)12-9-18(16,17)8-11(12)13/h10-12H,3-9,13H2,1-2H3. The van der Waals surface area contributed by atoms with Gasteiger partial charge in [0.15, 0.2) is 9.84 Å². The molecule has 0 spiro atoms. The van der Waals surface area contributed by atoms with Gasteiger partial charge in [0.05, 0.1) is 11.5 Å². The molecule has 2 unspecified atom stereocenters. The summed E-state index contributed by atoms with van der Waals surface area (Å²) in [5, 5.41) is 0. The third-order valence-electron chi connectivity index (χ3n) is 4.11. The molecule has 2 heterocycles. The summed E-state index contributed by atoms with van der Waals surface area (Å²) >= 11 is 0. The van der Waals surface area contributed by atoms with Gasteiger partial charge < -0.3 is 10.6 Å². The van der Waals surface area contributed by atoms with Crippen molar-refractivity contribution in [2.75, 3.05) is 45.2 Å². The molecule has 2 saturated heterocycles. The van der Waals surface area contributed by atoms with E-state index in [4.69, 9.17) is 5.73 Å². The van der Waals surface area contributed by atoms with E-state index in [0.717, 1.165) is 38.4 Å². The fourth-order valence-corrected chi connectivity index (χ4v) is 5.14. The van der Waals surface area contributed by atoms with Crippen LogP contribution < -0.4 is 5.73 Å². The molecular weight excluding hydrogens is 250 g/mol. The van der Waals surface area contributed by atoms with Crippen molar-refractivity contribution in [1.29, 1.82) is 0 Å². The Morgan fingerprint density at radius 1 is 1.22 bits per heavy atom. The van der Waals surface area contributed by atoms with Crippen LogP contribution in [0.25, 0.3) is 0 Å². The second kappa shape index (κ2) is 5.45. The topological polar surface area (TPSA) is 66.6 Å². The molecule has 2 aliphatic heterocycles. The van der Waals surface area contributed by atoms with Gasteiger partial charge in [0.25, 0.3) is 0 Å². The van der Waals surface area contributed by atoms with Crippen LogP contribution in [0, 0.1) is 5.92 Å². The zero-order chi connectivity index (χ0) is 13.3. The molecule has 0 bridgehead atoms. The molecule has 0 amide bonds. The fourth-order valence-electron chi connectivity index (χ4n) is 3.22. The third kappa shape index (κ3) is 3.44. The Labute approximate surface area is 110 Å². The van der Waals surface area contributed by atoms with Crippen LogP contribution in [-0.4, -0.2) is 75.5 Å². The van der Waals surface area contributed by atoms with Crippen molar-refractivity contribution in [2.45, 2.75) is 24.9 Å². The van der Waals surface area contributed by atoms with Crippen LogP contribution in [0.2, 0.25) is 0 Å². The first-order chi connectivity index (χ1) is 8.37. The minimum Gasteiger partial charge on any atom is -0.325 e. The van der Waals surface area contributed by atoms with Crippen molar-refractivity contribution in [3.05, 3.63) is 0 Å². The average molecular weight is 275 g/mol. The molecule has 0 aromatic carbocycles. The van der Waals surface area contributed by atoms with Crippen LogP contribution in [0.5, 0.6) is 0 Å². The van der Waals surface area contributed by atoms with Gasteiger partial charge >= 0.3 is 0 Å². The van der Waals surface area contributed by atoms with E-state index in [0.29, 0.717) is 0 Å². The van der Waals surface area contributed by atoms with E-state index in [2.05, 4.69) is 23.9 Å². The molecule has 0 radical (unpaired) electrons. The number of likely N-dealkylation sites (tertiary alicyclic amines) is 1. The van der Waals surface area contributed by atoms with E-state index < -0.39 is 9.84 Å². The molecule has 0 aromatic heterocycles. The molecule has 0 saturated carbocycles. The lowest BCUT2D eigenvalue weighted by Crippen LogP contribution is -2.50. The lowest BCUT2D eigenvalue weighted by atomic mass is 9.94. The third-order valence-corrected chi connectivity index (χ3v) is 5.85. The number of nitrogens with two attached hydrogens (primary N) is 1. The molecule has 2 atom stereocenters. The highest BCUT2D eigenvalue weighted by atomic mass is 32.2. The van der Waals surface area contributed by atoms with Crippen molar-refractivity contribution in [3.63, 3.8) is 0 Å². The number of sulfone groups is 1. The first kappa shape index (κ1) is 14.2. The summed E-state index contributed by atoms with van der Waals surface area (Å²) in [4.78, 5) is 4.52. The second-order valence-electron chi connectivity index (χ2n) is 6.05. The Hall–Kier alpha value is -0.170. The lowest BCUT2D eigenvalue weighted by molar-refractivity contribution is 0.122. The molecule has 2 rings (SSSR count). The zero-order valence-corrected chi connectivity index (χ0v) is 12.2. The Morgan fingerprint density at radius 3 is 2.28 bits per heavy atom. The second-order valence-corrected chi connectivity index (χ2v) is 8.20. The van der Waals surface area contributed by atoms with Gasteiger partial charge in [-0.1, -0.05) is 0 Å². The van der Waals surface area contributed by atoms with Crippen LogP contribution in [0.1, 0.15) is 12.8 Å². The Balaban J connectivity index is 1.87. The van der Waals surface area contributed by atoms with Crippen molar-refractivity contribution in [1.82, 2.24) is 9.80 Å². The molecule has 18 heavy (non-hydrogen) atoms. The van der Waals surface area contributed by atoms with E-state index in [-0.39, 0.29) is 23.6 Å². The van der Waals surface area contributed by atoms with Gasteiger partial charge in [-0.3, -0.25) is 4.90 Å². The highest BCUT2D eigenvalue weighted by Gasteiger charge is 2.39. The summed E-state index contributed by atoms with van der Waals surface area (Å²) in [6.07, 6.45) is 2.31. The zero-order valence-electron chi connectivity index (χ0n) is 11.4. The quantitative estimate of drug-likeness (QED) is 0.744. The number of rotatable bonds is 3. The molecule has 2 aliphatic rings. The summed E-state index contributed by atoms with van der Waals surface area (Å²) in [6, 6.07) is -0.143. The van der Waals surface area contributed by atoms with Gasteiger partial charge in [0.2, 0.25) is 0 Å². The number of piperidine rings is 1. The highest BCUT2D eigenvalue weighted by molar-refractivity contribution is 7.91. The van der Waals surface area contributed by atoms with Gasteiger partial charge in [-0.05, 0) is 45.9 Å². The monoisotopic (exact) mass is 275 g/mol. The van der Waals surface area contributed by atoms with E-state index in [1.807, 2.05) is 0 Å². The van der Waals surface area contributed by atoms with Crippen LogP contribution in [0.3, 0.4) is 0 Å². The van der Waals surface area contributed by atoms with E-state index in [1.165, 1.54) is 0 Å². The van der Waals surface area contributed by atoms with Gasteiger partial charge in [0.1, 0.15) is 0 Å². The molecule has 106 valence electrons. The molecule has 2 N–H and O–H groups in total. The molecular formula is C12H25N3O2S. The number of nitrogens with zero attached hydrogens (tertiary/aromatic N) is 2. The van der Waals surface area contributed by atoms with Crippen LogP contribution >= 0.6 is 0 Å². The summed E-state index contributed by atoms with van der Waals surface area (Å²) in [6.45, 7) is 3.11. The molecule has 0 aromatic rings. The maximum Gasteiger partial charge on any atom is 0.153 e. The maximum absolute atomic E-state index is 11.6. The predicted molar refractivity (Wildman–Crippen MR) is 73.3 cm³/mol. The Morgan fingerprint density at radius 2 is 1.83 bits per heavy atom. The molecule has 0 aliphatic carbocycles. The van der Waals surface area contributed by atoms with Gasteiger partial charge in [-0.25, -0.2) is 8.42 Å². The molecule has 6 heteroatoms. The minimum absolute atomic E-state index is 0.0512. The van der Waals surface area contributed by atoms with Crippen molar-refractivity contribution in [2.24, 2.45) is 11.7 Å². The van der Waals surface area contributed by atoms with E-state index >= 15 is 0 Å². The smallest absolute Gasteiger partial charge is 0.153 e. The van der Waals surface area contributed by atoms with Crippen molar-refractivity contribution >= 4 is 9.84 Å². The summed E-state index contributed by atoms with van der Waals surface area (Å²) in [7, 11) is 1.30.